The Balaban J connectivity index is 2.98. The van der Waals surface area contributed by atoms with Gasteiger partial charge in [0.15, 0.2) is 0 Å². The standard InChI is InChI=1S/C14H16ClN/c1-5-11-10(4)16-14-9(3)7-6-8(2)12(14)13(11)15/h6-7H,5H2,1-4H3. The second kappa shape index (κ2) is 4.06. The molecule has 0 aliphatic carbocycles. The van der Waals surface area contributed by atoms with Crippen molar-refractivity contribution in [2.75, 3.05) is 0 Å². The van der Waals surface area contributed by atoms with E-state index in [1.54, 1.807) is 0 Å². The maximum absolute atomic E-state index is 6.48. The fraction of sp³-hybridized carbons (Fsp3) is 0.357. The van der Waals surface area contributed by atoms with Crippen LogP contribution in [-0.4, -0.2) is 4.98 Å². The molecule has 1 nitrogen and oxygen atoms in total. The lowest BCUT2D eigenvalue weighted by molar-refractivity contribution is 1.07. The van der Waals surface area contributed by atoms with Gasteiger partial charge in [0.2, 0.25) is 0 Å². The first-order chi connectivity index (χ1) is 7.56. The summed E-state index contributed by atoms with van der Waals surface area (Å²) in [6.07, 6.45) is 0.932. The van der Waals surface area contributed by atoms with E-state index in [4.69, 9.17) is 11.6 Å². The van der Waals surface area contributed by atoms with Gasteiger partial charge in [-0.1, -0.05) is 30.7 Å². The lowest BCUT2D eigenvalue weighted by Crippen LogP contribution is -1.97. The van der Waals surface area contributed by atoms with Crippen molar-refractivity contribution in [3.63, 3.8) is 0 Å². The molecule has 0 fully saturated rings. The van der Waals surface area contributed by atoms with Gasteiger partial charge in [0.1, 0.15) is 0 Å². The van der Waals surface area contributed by atoms with Gasteiger partial charge in [-0.05, 0) is 43.9 Å². The summed E-state index contributed by atoms with van der Waals surface area (Å²) in [7, 11) is 0. The van der Waals surface area contributed by atoms with E-state index in [1.165, 1.54) is 16.7 Å². The molecule has 1 aromatic heterocycles. The number of rotatable bonds is 1. The number of hydrogen-bond donors (Lipinski definition) is 0. The van der Waals surface area contributed by atoms with Gasteiger partial charge in [0, 0.05) is 11.1 Å². The lowest BCUT2D eigenvalue weighted by atomic mass is 10.0. The van der Waals surface area contributed by atoms with Crippen molar-refractivity contribution in [1.29, 1.82) is 0 Å². The predicted molar refractivity (Wildman–Crippen MR) is 70.3 cm³/mol. The van der Waals surface area contributed by atoms with Crippen LogP contribution in [0.25, 0.3) is 10.9 Å². The Morgan fingerprint density at radius 2 is 1.75 bits per heavy atom. The van der Waals surface area contributed by atoms with E-state index in [-0.39, 0.29) is 0 Å². The summed E-state index contributed by atoms with van der Waals surface area (Å²) in [6.45, 7) is 8.32. The first kappa shape index (κ1) is 11.4. The lowest BCUT2D eigenvalue weighted by Gasteiger charge is -2.12. The zero-order chi connectivity index (χ0) is 11.9. The second-order valence-electron chi connectivity index (χ2n) is 4.27. The fourth-order valence-corrected chi connectivity index (χ4v) is 2.68. The van der Waals surface area contributed by atoms with Crippen LogP contribution in [0, 0.1) is 20.8 Å². The Bertz CT molecular complexity index is 558. The van der Waals surface area contributed by atoms with Crippen molar-refractivity contribution in [3.8, 4) is 0 Å². The molecule has 0 saturated heterocycles. The molecule has 2 aromatic rings. The SMILES string of the molecule is CCc1c(C)nc2c(C)ccc(C)c2c1Cl. The molecule has 0 spiro atoms. The van der Waals surface area contributed by atoms with Crippen molar-refractivity contribution in [3.05, 3.63) is 39.5 Å². The van der Waals surface area contributed by atoms with E-state index in [0.717, 1.165) is 28.0 Å². The fourth-order valence-electron chi connectivity index (χ4n) is 2.17. The smallest absolute Gasteiger partial charge is 0.0752 e. The van der Waals surface area contributed by atoms with Crippen LogP contribution < -0.4 is 0 Å². The highest BCUT2D eigenvalue weighted by molar-refractivity contribution is 6.36. The molecule has 1 aromatic carbocycles. The van der Waals surface area contributed by atoms with Gasteiger partial charge in [-0.3, -0.25) is 4.98 Å². The highest BCUT2D eigenvalue weighted by atomic mass is 35.5. The third-order valence-corrected chi connectivity index (χ3v) is 3.56. The Hall–Kier alpha value is -1.08. The van der Waals surface area contributed by atoms with Crippen LogP contribution in [-0.2, 0) is 6.42 Å². The van der Waals surface area contributed by atoms with Crippen molar-refractivity contribution in [2.45, 2.75) is 34.1 Å². The molecule has 1 heterocycles. The first-order valence-electron chi connectivity index (χ1n) is 5.61. The van der Waals surface area contributed by atoms with Crippen LogP contribution in [0.4, 0.5) is 0 Å². The number of fused-ring (bicyclic) bond motifs is 1. The third kappa shape index (κ3) is 1.60. The topological polar surface area (TPSA) is 12.9 Å². The van der Waals surface area contributed by atoms with Crippen LogP contribution in [0.1, 0.15) is 29.3 Å². The quantitative estimate of drug-likeness (QED) is 0.713. The minimum atomic E-state index is 0.881. The molecule has 0 unspecified atom stereocenters. The Morgan fingerprint density at radius 1 is 1.12 bits per heavy atom. The summed E-state index contributed by atoms with van der Waals surface area (Å²) in [5.74, 6) is 0. The van der Waals surface area contributed by atoms with Crippen LogP contribution in [0.15, 0.2) is 12.1 Å². The average molecular weight is 234 g/mol. The molecular formula is C14H16ClN. The monoisotopic (exact) mass is 233 g/mol. The van der Waals surface area contributed by atoms with Crippen LogP contribution in [0.3, 0.4) is 0 Å². The van der Waals surface area contributed by atoms with Gasteiger partial charge >= 0.3 is 0 Å². The molecule has 0 saturated carbocycles. The molecular weight excluding hydrogens is 218 g/mol. The zero-order valence-corrected chi connectivity index (χ0v) is 10.9. The zero-order valence-electron chi connectivity index (χ0n) is 10.2. The van der Waals surface area contributed by atoms with Gasteiger partial charge < -0.3 is 0 Å². The molecule has 2 rings (SSSR count). The first-order valence-corrected chi connectivity index (χ1v) is 5.99. The van der Waals surface area contributed by atoms with E-state index < -0.39 is 0 Å². The number of halogens is 1. The highest BCUT2D eigenvalue weighted by Crippen LogP contribution is 2.32. The number of pyridine rings is 1. The summed E-state index contributed by atoms with van der Waals surface area (Å²) in [4.78, 5) is 4.68. The molecule has 0 aliphatic rings. The Labute approximate surface area is 101 Å². The minimum absolute atomic E-state index is 0.881. The van der Waals surface area contributed by atoms with Gasteiger partial charge in [-0.2, -0.15) is 0 Å². The largest absolute Gasteiger partial charge is 0.252 e. The molecule has 2 heteroatoms. The molecule has 0 N–H and O–H groups in total. The van der Waals surface area contributed by atoms with Crippen molar-refractivity contribution in [2.24, 2.45) is 0 Å². The van der Waals surface area contributed by atoms with Gasteiger partial charge in [0.05, 0.1) is 10.5 Å². The predicted octanol–water partition coefficient (Wildman–Crippen LogP) is 4.38. The third-order valence-electron chi connectivity index (χ3n) is 3.14. The maximum Gasteiger partial charge on any atom is 0.0752 e. The summed E-state index contributed by atoms with van der Waals surface area (Å²) in [6, 6.07) is 4.21. The molecule has 84 valence electrons. The normalized spacial score (nSPS) is 11.1. The molecule has 0 amide bonds. The van der Waals surface area contributed by atoms with Crippen LogP contribution >= 0.6 is 11.6 Å². The van der Waals surface area contributed by atoms with E-state index in [2.05, 4.69) is 37.9 Å². The van der Waals surface area contributed by atoms with Gasteiger partial charge in [-0.15, -0.1) is 0 Å². The molecule has 0 bridgehead atoms. The number of aryl methyl sites for hydroxylation is 3. The van der Waals surface area contributed by atoms with Crippen molar-refractivity contribution >= 4 is 22.5 Å². The minimum Gasteiger partial charge on any atom is -0.252 e. The van der Waals surface area contributed by atoms with Crippen LogP contribution in [0.2, 0.25) is 5.02 Å². The van der Waals surface area contributed by atoms with Crippen LogP contribution in [0.5, 0.6) is 0 Å². The number of aromatic nitrogens is 1. The Kier molecular flexibility index (Phi) is 2.90. The summed E-state index contributed by atoms with van der Waals surface area (Å²) in [5.41, 5.74) is 5.65. The van der Waals surface area contributed by atoms with E-state index >= 15 is 0 Å². The van der Waals surface area contributed by atoms with Gasteiger partial charge in [-0.25, -0.2) is 0 Å². The molecule has 16 heavy (non-hydrogen) atoms. The number of benzene rings is 1. The van der Waals surface area contributed by atoms with Gasteiger partial charge in [0.25, 0.3) is 0 Å². The van der Waals surface area contributed by atoms with Crippen molar-refractivity contribution in [1.82, 2.24) is 4.98 Å². The summed E-state index contributed by atoms with van der Waals surface area (Å²) >= 11 is 6.48. The second-order valence-corrected chi connectivity index (χ2v) is 4.64. The van der Waals surface area contributed by atoms with Crippen molar-refractivity contribution < 1.29 is 0 Å². The molecule has 0 radical (unpaired) electrons. The molecule has 0 atom stereocenters. The van der Waals surface area contributed by atoms with E-state index in [0.29, 0.717) is 0 Å². The number of nitrogens with zero attached hydrogens (tertiary/aromatic N) is 1. The summed E-state index contributed by atoms with van der Waals surface area (Å²) < 4.78 is 0. The summed E-state index contributed by atoms with van der Waals surface area (Å²) in [5, 5.41) is 2.00. The molecule has 0 aliphatic heterocycles. The van der Waals surface area contributed by atoms with E-state index in [1.807, 2.05) is 6.92 Å². The maximum atomic E-state index is 6.48. The number of hydrogen-bond acceptors (Lipinski definition) is 1. The Morgan fingerprint density at radius 3 is 2.38 bits per heavy atom. The highest BCUT2D eigenvalue weighted by Gasteiger charge is 2.12. The average Bonchev–Trinajstić information content (AvgIpc) is 2.24. The van der Waals surface area contributed by atoms with E-state index in [9.17, 15) is 0 Å².